The largest absolute Gasteiger partial charge is 0.477 e. The zero-order valence-corrected chi connectivity index (χ0v) is 11.4. The van der Waals surface area contributed by atoms with Crippen molar-refractivity contribution >= 4 is 5.82 Å². The van der Waals surface area contributed by atoms with Gasteiger partial charge in [-0.25, -0.2) is 10.8 Å². The number of anilines is 1. The Morgan fingerprint density at radius 3 is 2.78 bits per heavy atom. The van der Waals surface area contributed by atoms with E-state index < -0.39 is 0 Å². The molecule has 6 heteroatoms. The van der Waals surface area contributed by atoms with Gasteiger partial charge in [-0.2, -0.15) is 4.98 Å². The maximum atomic E-state index is 5.61. The molecule has 0 saturated heterocycles. The number of hydrogen-bond acceptors (Lipinski definition) is 6. The molecule has 0 unspecified atom stereocenters. The molecule has 0 spiro atoms. The molecule has 0 saturated carbocycles. The number of rotatable bonds is 8. The molecule has 3 N–H and O–H groups in total. The van der Waals surface area contributed by atoms with Crippen LogP contribution in [0.2, 0.25) is 0 Å². The quantitative estimate of drug-likeness (QED) is 0.409. The molecule has 1 rings (SSSR count). The molecule has 0 aliphatic carbocycles. The van der Waals surface area contributed by atoms with Crippen LogP contribution in [0.5, 0.6) is 5.88 Å². The molecule has 1 aromatic heterocycles. The predicted octanol–water partition coefficient (Wildman–Crippen LogP) is 1.05. The van der Waals surface area contributed by atoms with Gasteiger partial charge < -0.3 is 15.1 Å². The molecule has 0 aliphatic rings. The maximum Gasteiger partial charge on any atom is 0.218 e. The molecule has 0 aromatic carbocycles. The number of nitrogens with zero attached hydrogens (tertiary/aromatic N) is 3. The molecule has 0 bridgehead atoms. The molecule has 0 fully saturated rings. The lowest BCUT2D eigenvalue weighted by atomic mass is 10.3. The SMILES string of the molecule is CCCc1nc(NN)cc(OCCCN(C)C)n1. The molecule has 0 amide bonds. The Morgan fingerprint density at radius 1 is 1.39 bits per heavy atom. The van der Waals surface area contributed by atoms with Crippen LogP contribution in [-0.4, -0.2) is 42.1 Å². The summed E-state index contributed by atoms with van der Waals surface area (Å²) in [6.45, 7) is 3.73. The fourth-order valence-electron chi connectivity index (χ4n) is 1.51. The van der Waals surface area contributed by atoms with Crippen LogP contribution < -0.4 is 16.0 Å². The lowest BCUT2D eigenvalue weighted by Crippen LogP contribution is -2.16. The first-order chi connectivity index (χ1) is 8.65. The number of nitrogens with two attached hydrogens (primary N) is 1. The molecule has 102 valence electrons. The van der Waals surface area contributed by atoms with Gasteiger partial charge in [0.1, 0.15) is 11.6 Å². The van der Waals surface area contributed by atoms with Crippen LogP contribution in [0.15, 0.2) is 6.07 Å². The summed E-state index contributed by atoms with van der Waals surface area (Å²) in [5.41, 5.74) is 2.54. The predicted molar refractivity (Wildman–Crippen MR) is 72.5 cm³/mol. The zero-order valence-electron chi connectivity index (χ0n) is 11.4. The minimum atomic E-state index is 0.583. The molecule has 6 nitrogen and oxygen atoms in total. The Morgan fingerprint density at radius 2 is 2.17 bits per heavy atom. The number of hydrogen-bond donors (Lipinski definition) is 2. The molecule has 0 atom stereocenters. The minimum absolute atomic E-state index is 0.583. The first-order valence-corrected chi connectivity index (χ1v) is 6.27. The van der Waals surface area contributed by atoms with Gasteiger partial charge in [-0.1, -0.05) is 6.92 Å². The van der Waals surface area contributed by atoms with E-state index in [4.69, 9.17) is 10.6 Å². The zero-order chi connectivity index (χ0) is 13.4. The average molecular weight is 253 g/mol. The summed E-state index contributed by atoms with van der Waals surface area (Å²) in [6, 6.07) is 1.72. The summed E-state index contributed by atoms with van der Waals surface area (Å²) in [6.07, 6.45) is 2.78. The molecule has 0 radical (unpaired) electrons. The normalized spacial score (nSPS) is 10.7. The lowest BCUT2D eigenvalue weighted by molar-refractivity contribution is 0.272. The number of hydrazine groups is 1. The number of aromatic nitrogens is 2. The van der Waals surface area contributed by atoms with Gasteiger partial charge in [0.2, 0.25) is 5.88 Å². The molecule has 18 heavy (non-hydrogen) atoms. The Labute approximate surface area is 109 Å². The Balaban J connectivity index is 2.55. The molecular formula is C12H23N5O. The van der Waals surface area contributed by atoms with Gasteiger partial charge >= 0.3 is 0 Å². The monoisotopic (exact) mass is 253 g/mol. The standard InChI is InChI=1S/C12H23N5O/c1-4-6-10-14-11(16-13)9-12(15-10)18-8-5-7-17(2)3/h9H,4-8,13H2,1-3H3,(H,14,15,16). The van der Waals surface area contributed by atoms with E-state index in [9.17, 15) is 0 Å². The van der Waals surface area contributed by atoms with E-state index in [0.717, 1.165) is 31.6 Å². The van der Waals surface area contributed by atoms with Gasteiger partial charge in [0, 0.05) is 19.0 Å². The van der Waals surface area contributed by atoms with Crippen LogP contribution in [0.1, 0.15) is 25.6 Å². The molecule has 1 aromatic rings. The van der Waals surface area contributed by atoms with E-state index in [1.165, 1.54) is 0 Å². The van der Waals surface area contributed by atoms with E-state index in [2.05, 4.69) is 27.2 Å². The van der Waals surface area contributed by atoms with E-state index >= 15 is 0 Å². The Bertz CT molecular complexity index is 356. The van der Waals surface area contributed by atoms with E-state index in [1.54, 1.807) is 6.07 Å². The third-order valence-electron chi connectivity index (χ3n) is 2.37. The second-order valence-electron chi connectivity index (χ2n) is 4.41. The number of ether oxygens (including phenoxy) is 1. The summed E-state index contributed by atoms with van der Waals surface area (Å²) in [7, 11) is 4.08. The van der Waals surface area contributed by atoms with Gasteiger partial charge in [0.25, 0.3) is 0 Å². The van der Waals surface area contributed by atoms with Crippen molar-refractivity contribution in [3.05, 3.63) is 11.9 Å². The van der Waals surface area contributed by atoms with Crippen LogP contribution >= 0.6 is 0 Å². The van der Waals surface area contributed by atoms with Gasteiger partial charge in [-0.05, 0) is 26.9 Å². The highest BCUT2D eigenvalue weighted by atomic mass is 16.5. The van der Waals surface area contributed by atoms with Crippen LogP contribution in [-0.2, 0) is 6.42 Å². The smallest absolute Gasteiger partial charge is 0.218 e. The summed E-state index contributed by atoms with van der Waals surface area (Å²) < 4.78 is 5.61. The third-order valence-corrected chi connectivity index (χ3v) is 2.37. The third kappa shape index (κ3) is 5.29. The van der Waals surface area contributed by atoms with Crippen molar-refractivity contribution in [2.75, 3.05) is 32.7 Å². The van der Waals surface area contributed by atoms with Crippen molar-refractivity contribution < 1.29 is 4.74 Å². The van der Waals surface area contributed by atoms with Crippen LogP contribution in [0.4, 0.5) is 5.82 Å². The summed E-state index contributed by atoms with van der Waals surface area (Å²) in [5, 5.41) is 0. The molecule has 1 heterocycles. The van der Waals surface area contributed by atoms with Crippen molar-refractivity contribution in [2.45, 2.75) is 26.2 Å². The number of aryl methyl sites for hydroxylation is 1. The second kappa shape index (κ2) is 7.84. The topological polar surface area (TPSA) is 76.3 Å². The van der Waals surface area contributed by atoms with Crippen molar-refractivity contribution in [1.82, 2.24) is 14.9 Å². The van der Waals surface area contributed by atoms with E-state index in [1.807, 2.05) is 14.1 Å². The number of nitrogen functional groups attached to an aromatic ring is 1. The van der Waals surface area contributed by atoms with Gasteiger partial charge in [0.15, 0.2) is 0 Å². The second-order valence-corrected chi connectivity index (χ2v) is 4.41. The maximum absolute atomic E-state index is 5.61. The van der Waals surface area contributed by atoms with Crippen molar-refractivity contribution in [1.29, 1.82) is 0 Å². The first kappa shape index (κ1) is 14.7. The summed E-state index contributed by atoms with van der Waals surface area (Å²) in [4.78, 5) is 10.7. The first-order valence-electron chi connectivity index (χ1n) is 6.27. The highest BCUT2D eigenvalue weighted by Gasteiger charge is 2.04. The highest BCUT2D eigenvalue weighted by Crippen LogP contribution is 2.13. The average Bonchev–Trinajstić information content (AvgIpc) is 2.34. The lowest BCUT2D eigenvalue weighted by Gasteiger charge is -2.11. The van der Waals surface area contributed by atoms with Crippen LogP contribution in [0.3, 0.4) is 0 Å². The molecular weight excluding hydrogens is 230 g/mol. The van der Waals surface area contributed by atoms with Crippen molar-refractivity contribution in [2.24, 2.45) is 5.84 Å². The Hall–Kier alpha value is -1.40. The fraction of sp³-hybridized carbons (Fsp3) is 0.667. The molecule has 0 aliphatic heterocycles. The highest BCUT2D eigenvalue weighted by molar-refractivity contribution is 5.36. The van der Waals surface area contributed by atoms with Crippen molar-refractivity contribution in [3.8, 4) is 5.88 Å². The summed E-state index contributed by atoms with van der Waals surface area (Å²) in [5.74, 6) is 7.31. The van der Waals surface area contributed by atoms with E-state index in [0.29, 0.717) is 18.3 Å². The van der Waals surface area contributed by atoms with Gasteiger partial charge in [-0.15, -0.1) is 0 Å². The minimum Gasteiger partial charge on any atom is -0.477 e. The van der Waals surface area contributed by atoms with Crippen LogP contribution in [0, 0.1) is 0 Å². The number of nitrogens with one attached hydrogen (secondary N) is 1. The summed E-state index contributed by atoms with van der Waals surface area (Å²) >= 11 is 0. The van der Waals surface area contributed by atoms with E-state index in [-0.39, 0.29) is 0 Å². The Kier molecular flexibility index (Phi) is 6.38. The van der Waals surface area contributed by atoms with Gasteiger partial charge in [-0.3, -0.25) is 0 Å². The van der Waals surface area contributed by atoms with Gasteiger partial charge in [0.05, 0.1) is 6.61 Å². The van der Waals surface area contributed by atoms with Crippen LogP contribution in [0.25, 0.3) is 0 Å². The fourth-order valence-corrected chi connectivity index (χ4v) is 1.51. The van der Waals surface area contributed by atoms with Crippen molar-refractivity contribution in [3.63, 3.8) is 0 Å².